The van der Waals surface area contributed by atoms with Gasteiger partial charge in [0.25, 0.3) is 8.32 Å². The minimum absolute atomic E-state index is 0.726. The topological polar surface area (TPSA) is 40.0 Å². The summed E-state index contributed by atoms with van der Waals surface area (Å²) in [5.41, 5.74) is 0.880. The van der Waals surface area contributed by atoms with E-state index in [9.17, 15) is 0 Å². The second-order valence-electron chi connectivity index (χ2n) is 6.53. The molecule has 0 aliphatic carbocycles. The molecule has 0 atom stereocenters. The van der Waals surface area contributed by atoms with Crippen molar-refractivity contribution in [1.29, 1.82) is 0 Å². The molecular formula is C14H25NO3Si2. The molecule has 6 heteroatoms. The Kier molecular flexibility index (Phi) is 5.41. The van der Waals surface area contributed by atoms with E-state index in [4.69, 9.17) is 13.7 Å². The zero-order valence-electron chi connectivity index (χ0n) is 13.5. The predicted molar refractivity (Wildman–Crippen MR) is 89.0 cm³/mol. The van der Waals surface area contributed by atoms with E-state index in [1.54, 1.807) is 13.3 Å². The Hall–Kier alpha value is -1.28. The first-order chi connectivity index (χ1) is 9.12. The molecule has 0 aliphatic heterocycles. The first kappa shape index (κ1) is 16.8. The van der Waals surface area contributed by atoms with E-state index in [1.807, 2.05) is 18.2 Å². The van der Waals surface area contributed by atoms with Gasteiger partial charge < -0.3 is 13.7 Å². The molecule has 0 heterocycles. The molecule has 112 valence electrons. The molecule has 0 fully saturated rings. The SMILES string of the molecule is COc1cccc(/C=N\O[Si](C)(C)C)c1O[Si](C)(C)C. The number of hydrogen-bond donors (Lipinski definition) is 0. The van der Waals surface area contributed by atoms with E-state index in [2.05, 4.69) is 44.4 Å². The van der Waals surface area contributed by atoms with Gasteiger partial charge in [0.15, 0.2) is 11.5 Å². The van der Waals surface area contributed by atoms with Gasteiger partial charge in [-0.1, -0.05) is 6.07 Å². The van der Waals surface area contributed by atoms with Crippen LogP contribution in [0.15, 0.2) is 23.4 Å². The van der Waals surface area contributed by atoms with Gasteiger partial charge in [-0.2, -0.15) is 0 Å². The summed E-state index contributed by atoms with van der Waals surface area (Å²) in [4.78, 5) is 0. The molecule has 1 aromatic carbocycles. The second kappa shape index (κ2) is 6.45. The molecule has 0 N–H and O–H groups in total. The maximum absolute atomic E-state index is 6.12. The van der Waals surface area contributed by atoms with Gasteiger partial charge in [0.1, 0.15) is 0 Å². The Balaban J connectivity index is 3.06. The fourth-order valence-corrected chi connectivity index (χ4v) is 2.65. The lowest BCUT2D eigenvalue weighted by atomic mass is 10.2. The van der Waals surface area contributed by atoms with Gasteiger partial charge >= 0.3 is 0 Å². The highest BCUT2D eigenvalue weighted by molar-refractivity contribution is 6.70. The van der Waals surface area contributed by atoms with E-state index >= 15 is 0 Å². The van der Waals surface area contributed by atoms with Crippen LogP contribution >= 0.6 is 0 Å². The molecule has 1 rings (SSSR count). The third kappa shape index (κ3) is 5.79. The number of methoxy groups -OCH3 is 1. The summed E-state index contributed by atoms with van der Waals surface area (Å²) in [6.45, 7) is 12.7. The Bertz CT molecular complexity index is 476. The van der Waals surface area contributed by atoms with Gasteiger partial charge in [0, 0.05) is 5.56 Å². The standard InChI is InChI=1S/C14H25NO3Si2/c1-16-13-10-8-9-12(11-15-18-20(5,6)7)14(13)17-19(2,3)4/h8-11H,1-7H3/b15-11-. The molecule has 0 saturated carbocycles. The minimum atomic E-state index is -1.73. The largest absolute Gasteiger partial charge is 0.541 e. The summed E-state index contributed by atoms with van der Waals surface area (Å²) < 4.78 is 17.0. The van der Waals surface area contributed by atoms with Crippen LogP contribution in [0, 0.1) is 0 Å². The normalized spacial score (nSPS) is 12.6. The van der Waals surface area contributed by atoms with Gasteiger partial charge in [0.05, 0.1) is 13.3 Å². The Labute approximate surface area is 124 Å². The van der Waals surface area contributed by atoms with Crippen LogP contribution in [0.5, 0.6) is 11.5 Å². The van der Waals surface area contributed by atoms with Crippen molar-refractivity contribution in [3.05, 3.63) is 23.8 Å². The highest BCUT2D eigenvalue weighted by Crippen LogP contribution is 2.32. The van der Waals surface area contributed by atoms with Gasteiger partial charge in [-0.3, -0.25) is 0 Å². The number of oxime groups is 1. The van der Waals surface area contributed by atoms with Crippen molar-refractivity contribution in [1.82, 2.24) is 0 Å². The molecule has 0 unspecified atom stereocenters. The zero-order valence-corrected chi connectivity index (χ0v) is 15.5. The number of hydrogen-bond acceptors (Lipinski definition) is 4. The molecule has 0 spiro atoms. The number of rotatable bonds is 6. The molecular weight excluding hydrogens is 286 g/mol. The van der Waals surface area contributed by atoms with Gasteiger partial charge in [-0.15, -0.1) is 5.16 Å². The quantitative estimate of drug-likeness (QED) is 0.451. The van der Waals surface area contributed by atoms with Crippen molar-refractivity contribution in [3.63, 3.8) is 0 Å². The molecule has 0 saturated heterocycles. The van der Waals surface area contributed by atoms with Gasteiger partial charge in [-0.05, 0) is 51.4 Å². The first-order valence-electron chi connectivity index (χ1n) is 6.70. The lowest BCUT2D eigenvalue weighted by molar-refractivity contribution is 0.337. The van der Waals surface area contributed by atoms with Gasteiger partial charge in [0.2, 0.25) is 8.32 Å². The number of nitrogens with zero attached hydrogens (tertiary/aromatic N) is 1. The van der Waals surface area contributed by atoms with Gasteiger partial charge in [-0.25, -0.2) is 0 Å². The Morgan fingerprint density at radius 1 is 1.00 bits per heavy atom. The molecule has 0 radical (unpaired) electrons. The molecule has 0 aliphatic rings. The molecule has 0 amide bonds. The highest BCUT2D eigenvalue weighted by Gasteiger charge is 2.21. The summed E-state index contributed by atoms with van der Waals surface area (Å²) in [5.74, 6) is 1.47. The molecule has 0 aromatic heterocycles. The Morgan fingerprint density at radius 2 is 1.65 bits per heavy atom. The molecule has 4 nitrogen and oxygen atoms in total. The van der Waals surface area contributed by atoms with Crippen molar-refractivity contribution in [3.8, 4) is 11.5 Å². The third-order valence-corrected chi connectivity index (χ3v) is 3.63. The fourth-order valence-electron chi connectivity index (χ4n) is 1.45. The van der Waals surface area contributed by atoms with Crippen molar-refractivity contribution >= 4 is 22.8 Å². The van der Waals surface area contributed by atoms with Crippen LogP contribution in [0.3, 0.4) is 0 Å². The zero-order chi connectivity index (χ0) is 15.4. The van der Waals surface area contributed by atoms with Crippen LogP contribution in [0.4, 0.5) is 0 Å². The molecule has 1 aromatic rings. The van der Waals surface area contributed by atoms with E-state index in [-0.39, 0.29) is 0 Å². The molecule has 0 bridgehead atoms. The molecule has 20 heavy (non-hydrogen) atoms. The number of benzene rings is 1. The number of ether oxygens (including phenoxy) is 1. The monoisotopic (exact) mass is 311 g/mol. The van der Waals surface area contributed by atoms with E-state index in [1.165, 1.54) is 0 Å². The highest BCUT2D eigenvalue weighted by atomic mass is 28.4. The average molecular weight is 312 g/mol. The van der Waals surface area contributed by atoms with Crippen LogP contribution in [0.1, 0.15) is 5.56 Å². The lowest BCUT2D eigenvalue weighted by Crippen LogP contribution is -2.30. The lowest BCUT2D eigenvalue weighted by Gasteiger charge is -2.22. The summed E-state index contributed by atoms with van der Waals surface area (Å²) in [5, 5.41) is 4.10. The summed E-state index contributed by atoms with van der Waals surface area (Å²) in [7, 11) is -1.74. The van der Waals surface area contributed by atoms with Crippen molar-refractivity contribution in [2.24, 2.45) is 5.16 Å². The van der Waals surface area contributed by atoms with Crippen LogP contribution in [0.25, 0.3) is 0 Å². The predicted octanol–water partition coefficient (Wildman–Crippen LogP) is 4.09. The summed E-state index contributed by atoms with van der Waals surface area (Å²) in [6, 6.07) is 5.77. The van der Waals surface area contributed by atoms with E-state index < -0.39 is 16.6 Å². The minimum Gasteiger partial charge on any atom is -0.541 e. The van der Waals surface area contributed by atoms with Crippen molar-refractivity contribution in [2.75, 3.05) is 7.11 Å². The maximum Gasteiger partial charge on any atom is 0.278 e. The smallest absolute Gasteiger partial charge is 0.278 e. The van der Waals surface area contributed by atoms with Crippen LogP contribution in [-0.4, -0.2) is 30.0 Å². The first-order valence-corrected chi connectivity index (χ1v) is 13.5. The van der Waals surface area contributed by atoms with Crippen LogP contribution < -0.4 is 9.16 Å². The van der Waals surface area contributed by atoms with E-state index in [0.29, 0.717) is 0 Å². The number of para-hydroxylation sites is 1. The average Bonchev–Trinajstić information content (AvgIpc) is 2.27. The fraction of sp³-hybridized carbons (Fsp3) is 0.500. The van der Waals surface area contributed by atoms with E-state index in [0.717, 1.165) is 17.1 Å². The maximum atomic E-state index is 6.12. The summed E-state index contributed by atoms with van der Waals surface area (Å²) >= 11 is 0. The van der Waals surface area contributed by atoms with Crippen LogP contribution in [0.2, 0.25) is 39.3 Å². The van der Waals surface area contributed by atoms with Crippen LogP contribution in [-0.2, 0) is 4.53 Å². The van der Waals surface area contributed by atoms with Crippen molar-refractivity contribution in [2.45, 2.75) is 39.3 Å². The third-order valence-electron chi connectivity index (χ3n) is 2.16. The van der Waals surface area contributed by atoms with Crippen molar-refractivity contribution < 1.29 is 13.7 Å². The summed E-state index contributed by atoms with van der Waals surface area (Å²) in [6.07, 6.45) is 1.70. The second-order valence-corrected chi connectivity index (χ2v) is 15.4. The Morgan fingerprint density at radius 3 is 2.15 bits per heavy atom.